The molecule has 1 aromatic rings. The predicted molar refractivity (Wildman–Crippen MR) is 34.0 cm³/mol. The Morgan fingerprint density at radius 1 is 1.67 bits per heavy atom. The van der Waals surface area contributed by atoms with Crippen molar-refractivity contribution in [1.29, 1.82) is 0 Å². The fraction of sp³-hybridized carbons (Fsp3) is 0. The summed E-state index contributed by atoms with van der Waals surface area (Å²) in [6.07, 6.45) is 0. The van der Waals surface area contributed by atoms with Gasteiger partial charge in [0.15, 0.2) is 5.66 Å². The molecule has 48 valence electrons. The van der Waals surface area contributed by atoms with Gasteiger partial charge in [-0.1, -0.05) is 5.16 Å². The first-order valence-corrected chi connectivity index (χ1v) is 2.97. The number of hydrogen-bond donors (Lipinski definition) is 2. The van der Waals surface area contributed by atoms with Gasteiger partial charge in [0.25, 0.3) is 0 Å². The van der Waals surface area contributed by atoms with Crippen LogP contribution in [0.3, 0.4) is 0 Å². The van der Waals surface area contributed by atoms with E-state index in [1.807, 2.05) is 0 Å². The Labute approximate surface area is 59.7 Å². The zero-order valence-electron chi connectivity index (χ0n) is 4.28. The fourth-order valence-electron chi connectivity index (χ4n) is 0.388. The van der Waals surface area contributed by atoms with E-state index < -0.39 is 7.12 Å². The van der Waals surface area contributed by atoms with E-state index in [2.05, 4.69) is 25.6 Å². The fourth-order valence-corrected chi connectivity index (χ4v) is 0.686. The first-order chi connectivity index (χ1) is 4.20. The second-order valence-electron chi connectivity index (χ2n) is 1.43. The summed E-state index contributed by atoms with van der Waals surface area (Å²) in [5.74, 6) is 0. The van der Waals surface area contributed by atoms with E-state index in [-0.39, 0.29) is 5.66 Å². The van der Waals surface area contributed by atoms with Gasteiger partial charge in [0.05, 0.1) is 0 Å². The van der Waals surface area contributed by atoms with E-state index >= 15 is 0 Å². The van der Waals surface area contributed by atoms with Crippen molar-refractivity contribution in [3.63, 3.8) is 0 Å². The Morgan fingerprint density at radius 3 is 2.56 bits per heavy atom. The lowest BCUT2D eigenvalue weighted by Gasteiger charge is -1.84. The lowest BCUT2D eigenvalue weighted by atomic mass is 9.88. The Morgan fingerprint density at radius 2 is 2.33 bits per heavy atom. The van der Waals surface area contributed by atoms with Crippen LogP contribution >= 0.6 is 15.9 Å². The van der Waals surface area contributed by atoms with Crippen molar-refractivity contribution < 1.29 is 14.6 Å². The van der Waals surface area contributed by atoms with Crippen molar-refractivity contribution in [2.45, 2.75) is 0 Å². The van der Waals surface area contributed by atoms with Crippen molar-refractivity contribution in [1.82, 2.24) is 5.16 Å². The zero-order chi connectivity index (χ0) is 6.85. The molecule has 0 saturated carbocycles. The van der Waals surface area contributed by atoms with Gasteiger partial charge in [-0.3, -0.25) is 0 Å². The summed E-state index contributed by atoms with van der Waals surface area (Å²) in [7, 11) is -1.58. The van der Waals surface area contributed by atoms with Gasteiger partial charge in [0.1, 0.15) is 4.60 Å². The number of hydrogen-bond acceptors (Lipinski definition) is 4. The summed E-state index contributed by atoms with van der Waals surface area (Å²) in [6.45, 7) is 0. The molecule has 0 atom stereocenters. The second kappa shape index (κ2) is 2.51. The maximum atomic E-state index is 8.44. The maximum absolute atomic E-state index is 8.44. The first-order valence-electron chi connectivity index (χ1n) is 2.18. The lowest BCUT2D eigenvalue weighted by Crippen LogP contribution is -2.27. The van der Waals surface area contributed by atoms with Gasteiger partial charge < -0.3 is 14.6 Å². The molecule has 4 nitrogen and oxygen atoms in total. The third-order valence-corrected chi connectivity index (χ3v) is 1.13. The molecule has 9 heavy (non-hydrogen) atoms. The largest absolute Gasteiger partial charge is 0.529 e. The van der Waals surface area contributed by atoms with Crippen LogP contribution in [-0.2, 0) is 0 Å². The minimum atomic E-state index is -1.58. The quantitative estimate of drug-likeness (QED) is 0.566. The van der Waals surface area contributed by atoms with E-state index in [4.69, 9.17) is 10.0 Å². The molecule has 0 spiro atoms. The van der Waals surface area contributed by atoms with Gasteiger partial charge in [-0.25, -0.2) is 0 Å². The van der Waals surface area contributed by atoms with Gasteiger partial charge >= 0.3 is 7.12 Å². The standard InChI is InChI=1S/C3H3BBrNO3/c5-3-1-2(4(7)8)9-6-3/h1,7-8H. The van der Waals surface area contributed by atoms with E-state index in [1.165, 1.54) is 6.07 Å². The maximum Gasteiger partial charge on any atom is 0.529 e. The highest BCUT2D eigenvalue weighted by Crippen LogP contribution is 2.01. The van der Waals surface area contributed by atoms with Crippen molar-refractivity contribution in [3.05, 3.63) is 10.7 Å². The topological polar surface area (TPSA) is 66.5 Å². The molecule has 1 aromatic heterocycles. The van der Waals surface area contributed by atoms with Crippen LogP contribution in [0.4, 0.5) is 0 Å². The third-order valence-electron chi connectivity index (χ3n) is 0.754. The van der Waals surface area contributed by atoms with Crippen LogP contribution < -0.4 is 5.66 Å². The van der Waals surface area contributed by atoms with E-state index in [0.717, 1.165) is 0 Å². The number of nitrogens with zero attached hydrogens (tertiary/aromatic N) is 1. The molecule has 0 aromatic carbocycles. The molecule has 1 rings (SSSR count). The average Bonchev–Trinajstić information content (AvgIpc) is 2.14. The van der Waals surface area contributed by atoms with Crippen molar-refractivity contribution >= 4 is 28.7 Å². The van der Waals surface area contributed by atoms with Crippen LogP contribution in [0, 0.1) is 0 Å². The normalized spacial score (nSPS) is 9.67. The minimum Gasteiger partial charge on any atom is -0.421 e. The van der Waals surface area contributed by atoms with E-state index in [9.17, 15) is 0 Å². The summed E-state index contributed by atoms with van der Waals surface area (Å²) >= 11 is 2.97. The Balaban J connectivity index is 2.85. The molecule has 0 radical (unpaired) electrons. The van der Waals surface area contributed by atoms with E-state index in [1.54, 1.807) is 0 Å². The van der Waals surface area contributed by atoms with Gasteiger partial charge in [0, 0.05) is 6.07 Å². The molecule has 0 amide bonds. The van der Waals surface area contributed by atoms with Crippen LogP contribution in [-0.4, -0.2) is 22.3 Å². The molecule has 0 fully saturated rings. The third kappa shape index (κ3) is 1.54. The van der Waals surface area contributed by atoms with Crippen LogP contribution in [0.2, 0.25) is 0 Å². The van der Waals surface area contributed by atoms with Crippen LogP contribution in [0.15, 0.2) is 15.2 Å². The van der Waals surface area contributed by atoms with Crippen molar-refractivity contribution in [3.8, 4) is 0 Å². The SMILES string of the molecule is OB(O)c1cc(Br)no1. The smallest absolute Gasteiger partial charge is 0.421 e. The highest BCUT2D eigenvalue weighted by molar-refractivity contribution is 9.10. The minimum absolute atomic E-state index is 0.0295. The second-order valence-corrected chi connectivity index (χ2v) is 2.24. The average molecular weight is 192 g/mol. The van der Waals surface area contributed by atoms with Gasteiger partial charge in [0.2, 0.25) is 0 Å². The summed E-state index contributed by atoms with van der Waals surface area (Å²) < 4.78 is 4.88. The summed E-state index contributed by atoms with van der Waals surface area (Å²) in [5, 5.41) is 20.2. The van der Waals surface area contributed by atoms with E-state index in [0.29, 0.717) is 4.60 Å². The highest BCUT2D eigenvalue weighted by Gasteiger charge is 2.16. The van der Waals surface area contributed by atoms with Gasteiger partial charge in [-0.15, -0.1) is 0 Å². The molecule has 6 heteroatoms. The molecule has 0 unspecified atom stereocenters. The van der Waals surface area contributed by atoms with Gasteiger partial charge in [-0.05, 0) is 15.9 Å². The lowest BCUT2D eigenvalue weighted by molar-refractivity contribution is 0.381. The summed E-state index contributed by atoms with van der Waals surface area (Å²) in [5.41, 5.74) is 0.0295. The Kier molecular flexibility index (Phi) is 1.89. The van der Waals surface area contributed by atoms with Gasteiger partial charge in [-0.2, -0.15) is 0 Å². The number of aromatic nitrogens is 1. The molecule has 2 N–H and O–H groups in total. The first kappa shape index (κ1) is 6.79. The van der Waals surface area contributed by atoms with Crippen LogP contribution in [0.25, 0.3) is 0 Å². The Hall–Kier alpha value is -0.325. The molecule has 1 heterocycles. The molecule has 0 aliphatic carbocycles. The number of rotatable bonds is 1. The summed E-state index contributed by atoms with van der Waals surface area (Å²) in [4.78, 5) is 0. The number of halogens is 1. The molecular weight excluding hydrogens is 189 g/mol. The monoisotopic (exact) mass is 191 g/mol. The molecular formula is C3H3BBrNO3. The van der Waals surface area contributed by atoms with Crippen molar-refractivity contribution in [2.75, 3.05) is 0 Å². The summed E-state index contributed by atoms with van der Waals surface area (Å²) in [6, 6.07) is 1.38. The highest BCUT2D eigenvalue weighted by atomic mass is 79.9. The van der Waals surface area contributed by atoms with Crippen LogP contribution in [0.1, 0.15) is 0 Å². The van der Waals surface area contributed by atoms with Crippen LogP contribution in [0.5, 0.6) is 0 Å². The predicted octanol–water partition coefficient (Wildman–Crippen LogP) is -0.883. The Bertz CT molecular complexity index is 201. The molecule has 0 aliphatic rings. The molecule has 0 bridgehead atoms. The zero-order valence-corrected chi connectivity index (χ0v) is 5.87. The molecule has 0 aliphatic heterocycles. The molecule has 0 saturated heterocycles. The van der Waals surface area contributed by atoms with Crippen molar-refractivity contribution in [2.24, 2.45) is 0 Å².